The molecule has 188 valence electrons. The Morgan fingerprint density at radius 2 is 1.94 bits per heavy atom. The van der Waals surface area contributed by atoms with Gasteiger partial charge in [0.1, 0.15) is 5.75 Å². The van der Waals surface area contributed by atoms with Crippen molar-refractivity contribution in [2.75, 3.05) is 33.4 Å². The molecule has 2 N–H and O–H groups in total. The molecule has 3 aromatic rings. The standard InChI is InChI=1S/C28H37N3O4/c1-18-17-26(35-4)23(28(34)29-18)9-10-25(33)27-20(3)31(24-8-6-5-7-22(24)27)19(2)21-11-13-30(14-12-21)15-16-32/h5-8,17,19,21,32H,9-16H2,1-4H3,(H,29,34). The van der Waals surface area contributed by atoms with Crippen LogP contribution in [0.5, 0.6) is 5.75 Å². The molecular formula is C28H37N3O4. The number of Topliss-reactive ketones (excluding diaryl/α,β-unsaturated/α-hetero) is 1. The highest BCUT2D eigenvalue weighted by Gasteiger charge is 2.29. The third-order valence-electron chi connectivity index (χ3n) is 7.62. The highest BCUT2D eigenvalue weighted by Crippen LogP contribution is 2.36. The lowest BCUT2D eigenvalue weighted by molar-refractivity contribution is 0.0983. The van der Waals surface area contributed by atoms with Crippen LogP contribution in [0, 0.1) is 19.8 Å². The molecule has 1 unspecified atom stereocenters. The minimum Gasteiger partial charge on any atom is -0.496 e. The first-order valence-corrected chi connectivity index (χ1v) is 12.6. The van der Waals surface area contributed by atoms with Crippen molar-refractivity contribution in [2.45, 2.75) is 52.5 Å². The fraction of sp³-hybridized carbons (Fsp3) is 0.500. The maximum absolute atomic E-state index is 13.6. The molecule has 0 radical (unpaired) electrons. The van der Waals surface area contributed by atoms with E-state index in [1.807, 2.05) is 32.0 Å². The van der Waals surface area contributed by atoms with Crippen molar-refractivity contribution in [1.82, 2.24) is 14.5 Å². The average molecular weight is 480 g/mol. The Balaban J connectivity index is 1.61. The van der Waals surface area contributed by atoms with Crippen LogP contribution in [0.3, 0.4) is 0 Å². The van der Waals surface area contributed by atoms with E-state index >= 15 is 0 Å². The van der Waals surface area contributed by atoms with Crippen LogP contribution in [0.25, 0.3) is 10.9 Å². The first kappa shape index (κ1) is 25.2. The Kier molecular flexibility index (Phi) is 7.77. The second-order valence-electron chi connectivity index (χ2n) is 9.74. The summed E-state index contributed by atoms with van der Waals surface area (Å²) in [5.41, 5.74) is 3.88. The van der Waals surface area contributed by atoms with Gasteiger partial charge in [0.05, 0.1) is 19.3 Å². The van der Waals surface area contributed by atoms with Gasteiger partial charge >= 0.3 is 0 Å². The molecule has 1 saturated heterocycles. The summed E-state index contributed by atoms with van der Waals surface area (Å²) in [4.78, 5) is 31.2. The first-order chi connectivity index (χ1) is 16.8. The number of H-pyrrole nitrogens is 1. The minimum atomic E-state index is -0.199. The molecule has 0 aliphatic carbocycles. The fourth-order valence-corrected chi connectivity index (χ4v) is 5.75. The Labute approximate surface area is 206 Å². The highest BCUT2D eigenvalue weighted by atomic mass is 16.5. The van der Waals surface area contributed by atoms with Crippen molar-refractivity contribution in [3.05, 3.63) is 63.2 Å². The Morgan fingerprint density at radius 1 is 1.23 bits per heavy atom. The van der Waals surface area contributed by atoms with Crippen LogP contribution >= 0.6 is 0 Å². The van der Waals surface area contributed by atoms with Crippen LogP contribution in [0.4, 0.5) is 0 Å². The summed E-state index contributed by atoms with van der Waals surface area (Å²) in [6.07, 6.45) is 2.72. The number of aromatic amines is 1. The summed E-state index contributed by atoms with van der Waals surface area (Å²) in [5.74, 6) is 1.08. The molecule has 7 nitrogen and oxygen atoms in total. The van der Waals surface area contributed by atoms with E-state index in [1.165, 1.54) is 0 Å². The van der Waals surface area contributed by atoms with Gasteiger partial charge in [-0.15, -0.1) is 0 Å². The van der Waals surface area contributed by atoms with Crippen molar-refractivity contribution in [2.24, 2.45) is 5.92 Å². The molecule has 1 aliphatic heterocycles. The molecule has 0 bridgehead atoms. The van der Waals surface area contributed by atoms with E-state index in [4.69, 9.17) is 4.74 Å². The van der Waals surface area contributed by atoms with E-state index in [0.717, 1.165) is 60.3 Å². The number of aromatic nitrogens is 2. The van der Waals surface area contributed by atoms with E-state index in [9.17, 15) is 14.7 Å². The number of fused-ring (bicyclic) bond motifs is 1. The molecule has 1 fully saturated rings. The minimum absolute atomic E-state index is 0.0458. The highest BCUT2D eigenvalue weighted by molar-refractivity contribution is 6.09. The van der Waals surface area contributed by atoms with Gasteiger partial charge in [-0.1, -0.05) is 18.2 Å². The van der Waals surface area contributed by atoms with Gasteiger partial charge in [-0.2, -0.15) is 0 Å². The predicted molar refractivity (Wildman–Crippen MR) is 139 cm³/mol. The number of hydrogen-bond acceptors (Lipinski definition) is 5. The van der Waals surface area contributed by atoms with E-state index < -0.39 is 0 Å². The third kappa shape index (κ3) is 5.07. The molecule has 3 heterocycles. The van der Waals surface area contributed by atoms with Crippen LogP contribution in [0.2, 0.25) is 0 Å². The first-order valence-electron chi connectivity index (χ1n) is 12.6. The summed E-state index contributed by atoms with van der Waals surface area (Å²) in [5, 5.41) is 10.2. The van der Waals surface area contributed by atoms with Crippen molar-refractivity contribution < 1.29 is 14.6 Å². The molecule has 0 spiro atoms. The molecule has 2 aromatic heterocycles. The van der Waals surface area contributed by atoms with Crippen LogP contribution in [0.1, 0.15) is 59.5 Å². The predicted octanol–water partition coefficient (Wildman–Crippen LogP) is 4.04. The Hall–Kier alpha value is -2.90. The SMILES string of the molecule is COc1cc(C)[nH]c(=O)c1CCC(=O)c1c(C)n(C(C)C2CCN(CCO)CC2)c2ccccc12. The van der Waals surface area contributed by atoms with Gasteiger partial charge in [0.15, 0.2) is 5.78 Å². The van der Waals surface area contributed by atoms with Crippen LogP contribution < -0.4 is 10.3 Å². The summed E-state index contributed by atoms with van der Waals surface area (Å²) in [7, 11) is 1.55. The molecule has 1 aliphatic rings. The zero-order valence-corrected chi connectivity index (χ0v) is 21.3. The van der Waals surface area contributed by atoms with Gasteiger partial charge in [-0.3, -0.25) is 9.59 Å². The second-order valence-corrected chi connectivity index (χ2v) is 9.74. The summed E-state index contributed by atoms with van der Waals surface area (Å²) in [6, 6.07) is 10.2. The van der Waals surface area contributed by atoms with Crippen molar-refractivity contribution in [3.63, 3.8) is 0 Å². The number of ketones is 1. The Bertz CT molecular complexity index is 1250. The number of aliphatic hydroxyl groups excluding tert-OH is 1. The summed E-state index contributed by atoms with van der Waals surface area (Å²) >= 11 is 0. The van der Waals surface area contributed by atoms with Gasteiger partial charge in [0, 0.05) is 46.9 Å². The zero-order chi connectivity index (χ0) is 25.1. The molecule has 0 amide bonds. The molecule has 7 heteroatoms. The number of nitrogens with one attached hydrogen (secondary N) is 1. The van der Waals surface area contributed by atoms with Gasteiger partial charge in [0.25, 0.3) is 5.56 Å². The number of methoxy groups -OCH3 is 1. The van der Waals surface area contributed by atoms with E-state index in [0.29, 0.717) is 23.7 Å². The lowest BCUT2D eigenvalue weighted by Crippen LogP contribution is -2.37. The number of piperidine rings is 1. The van der Waals surface area contributed by atoms with Crippen LogP contribution in [-0.2, 0) is 6.42 Å². The van der Waals surface area contributed by atoms with Crippen molar-refractivity contribution in [3.8, 4) is 5.75 Å². The normalized spacial score (nSPS) is 16.0. The smallest absolute Gasteiger partial charge is 0.255 e. The topological polar surface area (TPSA) is 87.6 Å². The number of rotatable bonds is 9. The van der Waals surface area contributed by atoms with E-state index in [2.05, 4.69) is 27.4 Å². The van der Waals surface area contributed by atoms with Gasteiger partial charge in [0.2, 0.25) is 0 Å². The van der Waals surface area contributed by atoms with Gasteiger partial charge in [-0.25, -0.2) is 0 Å². The molecule has 4 rings (SSSR count). The third-order valence-corrected chi connectivity index (χ3v) is 7.62. The quantitative estimate of drug-likeness (QED) is 0.453. The van der Waals surface area contributed by atoms with E-state index in [-0.39, 0.29) is 30.4 Å². The number of benzene rings is 1. The van der Waals surface area contributed by atoms with Crippen LogP contribution in [-0.4, -0.2) is 58.7 Å². The largest absolute Gasteiger partial charge is 0.496 e. The number of hydrogen-bond donors (Lipinski definition) is 2. The monoisotopic (exact) mass is 479 g/mol. The molecule has 1 aromatic carbocycles. The summed E-state index contributed by atoms with van der Waals surface area (Å²) < 4.78 is 7.75. The number of nitrogens with zero attached hydrogens (tertiary/aromatic N) is 2. The lowest BCUT2D eigenvalue weighted by Gasteiger charge is -2.35. The molecular weight excluding hydrogens is 442 g/mol. The number of pyridine rings is 1. The number of ether oxygens (including phenoxy) is 1. The fourth-order valence-electron chi connectivity index (χ4n) is 5.75. The number of para-hydroxylation sites is 1. The molecule has 35 heavy (non-hydrogen) atoms. The maximum Gasteiger partial charge on any atom is 0.255 e. The number of aliphatic hydroxyl groups is 1. The second kappa shape index (κ2) is 10.8. The van der Waals surface area contributed by atoms with Gasteiger partial charge < -0.3 is 24.3 Å². The van der Waals surface area contributed by atoms with E-state index in [1.54, 1.807) is 13.2 Å². The van der Waals surface area contributed by atoms with Gasteiger partial charge in [-0.05, 0) is 71.2 Å². The number of carbonyl (C=O) groups is 1. The Morgan fingerprint density at radius 3 is 2.63 bits per heavy atom. The number of carbonyl (C=O) groups excluding carboxylic acids is 1. The maximum atomic E-state index is 13.6. The van der Waals surface area contributed by atoms with Crippen LogP contribution in [0.15, 0.2) is 35.1 Å². The number of likely N-dealkylation sites (tertiary alicyclic amines) is 1. The number of β-amino-alcohol motifs (C(OH)–C–C–N with tert-alkyl or cyclic N) is 1. The lowest BCUT2D eigenvalue weighted by atomic mass is 9.90. The molecule has 0 saturated carbocycles. The molecule has 1 atom stereocenters. The average Bonchev–Trinajstić information content (AvgIpc) is 3.14. The number of aryl methyl sites for hydroxylation is 1. The van der Waals surface area contributed by atoms with Crippen molar-refractivity contribution in [1.29, 1.82) is 0 Å². The summed E-state index contributed by atoms with van der Waals surface area (Å²) in [6.45, 7) is 9.04. The van der Waals surface area contributed by atoms with Crippen molar-refractivity contribution >= 4 is 16.7 Å². The zero-order valence-electron chi connectivity index (χ0n) is 21.3.